The Morgan fingerprint density at radius 1 is 1.33 bits per heavy atom. The minimum absolute atomic E-state index is 0.0992. The number of carbonyl (C=O) groups excluding carboxylic acids is 1. The second-order valence-electron chi connectivity index (χ2n) is 4.15. The largest absolute Gasteiger partial charge is 0.497 e. The Hall–Kier alpha value is -2.34. The van der Waals surface area contributed by atoms with Crippen molar-refractivity contribution >= 4 is 23.5 Å². The summed E-state index contributed by atoms with van der Waals surface area (Å²) >= 11 is 1.55. The van der Waals surface area contributed by atoms with Crippen LogP contribution in [-0.4, -0.2) is 25.8 Å². The van der Waals surface area contributed by atoms with Crippen molar-refractivity contribution in [1.82, 2.24) is 5.32 Å². The molecule has 2 aromatic rings. The number of oxime groups is 1. The maximum atomic E-state index is 11.6. The molecule has 1 amide bonds. The summed E-state index contributed by atoms with van der Waals surface area (Å²) in [6.07, 6.45) is 1.58. The van der Waals surface area contributed by atoms with E-state index in [1.54, 1.807) is 24.7 Å². The molecule has 0 unspecified atom stereocenters. The second-order valence-corrected chi connectivity index (χ2v) is 5.13. The molecule has 0 saturated carbocycles. The monoisotopic (exact) mass is 304 g/mol. The summed E-state index contributed by atoms with van der Waals surface area (Å²) in [5.74, 6) is 0.575. The average molecular weight is 304 g/mol. The third-order valence-corrected chi connectivity index (χ3v) is 3.45. The molecule has 0 fully saturated rings. The average Bonchev–Trinajstić information content (AvgIpc) is 3.03. The Kier molecular flexibility index (Phi) is 5.78. The first-order valence-corrected chi connectivity index (χ1v) is 7.24. The molecule has 2 rings (SSSR count). The van der Waals surface area contributed by atoms with Crippen LogP contribution >= 0.6 is 11.3 Å². The summed E-state index contributed by atoms with van der Waals surface area (Å²) in [7, 11) is 1.62. The van der Waals surface area contributed by atoms with Gasteiger partial charge in [-0.1, -0.05) is 23.4 Å². The van der Waals surface area contributed by atoms with Gasteiger partial charge in [0, 0.05) is 11.4 Å². The number of nitrogens with one attached hydrogen (secondary N) is 1. The van der Waals surface area contributed by atoms with Gasteiger partial charge in [0.2, 0.25) is 0 Å². The fourth-order valence-corrected chi connectivity index (χ4v) is 2.12. The summed E-state index contributed by atoms with van der Waals surface area (Å²) in [4.78, 5) is 17.5. The van der Waals surface area contributed by atoms with E-state index in [9.17, 15) is 4.79 Å². The molecule has 1 aromatic heterocycles. The number of carbonyl (C=O) groups is 1. The van der Waals surface area contributed by atoms with Gasteiger partial charge >= 0.3 is 0 Å². The summed E-state index contributed by atoms with van der Waals surface area (Å²) in [6.45, 7) is 0.346. The van der Waals surface area contributed by atoms with Gasteiger partial charge < -0.3 is 14.9 Å². The molecular formula is C15H16N2O3S. The number of rotatable bonds is 7. The maximum absolute atomic E-state index is 11.6. The molecule has 0 radical (unpaired) electrons. The van der Waals surface area contributed by atoms with Gasteiger partial charge in [-0.15, -0.1) is 11.3 Å². The molecule has 0 bridgehead atoms. The quantitative estimate of drug-likeness (QED) is 0.631. The Labute approximate surface area is 127 Å². The van der Waals surface area contributed by atoms with Crippen molar-refractivity contribution < 1.29 is 14.4 Å². The molecule has 0 spiro atoms. The number of hydrogen-bond donors (Lipinski definition) is 1. The van der Waals surface area contributed by atoms with Gasteiger partial charge in [-0.2, -0.15) is 0 Å². The van der Waals surface area contributed by atoms with E-state index in [2.05, 4.69) is 10.5 Å². The van der Waals surface area contributed by atoms with Crippen LogP contribution in [0, 0.1) is 0 Å². The van der Waals surface area contributed by atoms with Gasteiger partial charge in [0.25, 0.3) is 5.91 Å². The SMILES string of the molecule is COc1ccc(CNC(=O)CO/N=C/c2cccs2)cc1. The maximum Gasteiger partial charge on any atom is 0.261 e. The number of nitrogens with zero attached hydrogens (tertiary/aromatic N) is 1. The Morgan fingerprint density at radius 3 is 2.81 bits per heavy atom. The van der Waals surface area contributed by atoms with Gasteiger partial charge in [0.1, 0.15) is 5.75 Å². The first kappa shape index (κ1) is 15.1. The van der Waals surface area contributed by atoms with Crippen LogP contribution in [0.1, 0.15) is 10.4 Å². The van der Waals surface area contributed by atoms with Crippen LogP contribution in [0.3, 0.4) is 0 Å². The van der Waals surface area contributed by atoms with Crippen LogP contribution in [0.25, 0.3) is 0 Å². The van der Waals surface area contributed by atoms with Gasteiger partial charge in [-0.05, 0) is 29.1 Å². The third kappa shape index (κ3) is 5.27. The van der Waals surface area contributed by atoms with Crippen LogP contribution < -0.4 is 10.1 Å². The number of hydrogen-bond acceptors (Lipinski definition) is 5. The molecule has 0 saturated heterocycles. The Bertz CT molecular complexity index is 579. The minimum atomic E-state index is -0.214. The van der Waals surface area contributed by atoms with Crippen molar-refractivity contribution in [3.8, 4) is 5.75 Å². The zero-order valence-corrected chi connectivity index (χ0v) is 12.4. The van der Waals surface area contributed by atoms with Crippen molar-refractivity contribution in [3.63, 3.8) is 0 Å². The molecule has 0 atom stereocenters. The molecule has 1 heterocycles. The fourth-order valence-electron chi connectivity index (χ4n) is 1.54. The normalized spacial score (nSPS) is 10.5. The molecule has 6 heteroatoms. The van der Waals surface area contributed by atoms with Gasteiger partial charge in [0.05, 0.1) is 13.3 Å². The van der Waals surface area contributed by atoms with Crippen LogP contribution in [0.15, 0.2) is 46.9 Å². The highest BCUT2D eigenvalue weighted by Crippen LogP contribution is 2.10. The topological polar surface area (TPSA) is 59.9 Å². The molecule has 0 aliphatic carbocycles. The van der Waals surface area contributed by atoms with E-state index < -0.39 is 0 Å². The van der Waals surface area contributed by atoms with Gasteiger partial charge in [0.15, 0.2) is 6.61 Å². The van der Waals surface area contributed by atoms with Gasteiger partial charge in [-0.3, -0.25) is 4.79 Å². The zero-order chi connectivity index (χ0) is 14.9. The van der Waals surface area contributed by atoms with E-state index in [0.717, 1.165) is 16.2 Å². The predicted octanol–water partition coefficient (Wildman–Crippen LogP) is 2.42. The molecule has 5 nitrogen and oxygen atoms in total. The second kappa shape index (κ2) is 8.06. The zero-order valence-electron chi connectivity index (χ0n) is 11.6. The number of methoxy groups -OCH3 is 1. The molecular weight excluding hydrogens is 288 g/mol. The first-order chi connectivity index (χ1) is 10.3. The lowest BCUT2D eigenvalue weighted by Crippen LogP contribution is -2.26. The third-order valence-electron chi connectivity index (χ3n) is 2.64. The molecule has 1 aromatic carbocycles. The summed E-state index contributed by atoms with van der Waals surface area (Å²) in [5, 5.41) is 8.44. The van der Waals surface area contributed by atoms with E-state index in [0.29, 0.717) is 6.54 Å². The lowest BCUT2D eigenvalue weighted by molar-refractivity contribution is -0.125. The lowest BCUT2D eigenvalue weighted by atomic mass is 10.2. The van der Waals surface area contributed by atoms with Gasteiger partial charge in [-0.25, -0.2) is 0 Å². The van der Waals surface area contributed by atoms with Crippen molar-refractivity contribution in [2.45, 2.75) is 6.54 Å². The molecule has 0 aliphatic heterocycles. The Balaban J connectivity index is 1.67. The van der Waals surface area contributed by atoms with Crippen molar-refractivity contribution in [3.05, 3.63) is 52.2 Å². The standard InChI is InChI=1S/C15H16N2O3S/c1-19-13-6-4-12(5-7-13)9-16-15(18)11-20-17-10-14-3-2-8-21-14/h2-8,10H,9,11H2,1H3,(H,16,18)/b17-10+. The predicted molar refractivity (Wildman–Crippen MR) is 82.7 cm³/mol. The van der Waals surface area contributed by atoms with E-state index in [1.165, 1.54) is 0 Å². The van der Waals surface area contributed by atoms with E-state index in [1.807, 2.05) is 41.8 Å². The summed E-state index contributed by atoms with van der Waals surface area (Å²) in [6, 6.07) is 11.3. The molecule has 110 valence electrons. The van der Waals surface area contributed by atoms with Crippen LogP contribution in [0.5, 0.6) is 5.75 Å². The lowest BCUT2D eigenvalue weighted by Gasteiger charge is -2.05. The number of benzene rings is 1. The summed E-state index contributed by atoms with van der Waals surface area (Å²) < 4.78 is 5.07. The molecule has 1 N–H and O–H groups in total. The van der Waals surface area contributed by atoms with Crippen LogP contribution in [0.2, 0.25) is 0 Å². The number of thiophene rings is 1. The van der Waals surface area contributed by atoms with Crippen molar-refractivity contribution in [1.29, 1.82) is 0 Å². The van der Waals surface area contributed by atoms with E-state index >= 15 is 0 Å². The van der Waals surface area contributed by atoms with Crippen molar-refractivity contribution in [2.75, 3.05) is 13.7 Å². The van der Waals surface area contributed by atoms with Crippen LogP contribution in [-0.2, 0) is 16.2 Å². The van der Waals surface area contributed by atoms with Crippen molar-refractivity contribution in [2.24, 2.45) is 5.16 Å². The minimum Gasteiger partial charge on any atom is -0.497 e. The molecule has 21 heavy (non-hydrogen) atoms. The highest BCUT2D eigenvalue weighted by atomic mass is 32.1. The van der Waals surface area contributed by atoms with Crippen LogP contribution in [0.4, 0.5) is 0 Å². The Morgan fingerprint density at radius 2 is 2.14 bits per heavy atom. The van der Waals surface area contributed by atoms with E-state index in [4.69, 9.17) is 9.57 Å². The highest BCUT2D eigenvalue weighted by molar-refractivity contribution is 7.11. The number of ether oxygens (including phenoxy) is 1. The summed E-state index contributed by atoms with van der Waals surface area (Å²) in [5.41, 5.74) is 0.992. The highest BCUT2D eigenvalue weighted by Gasteiger charge is 2.01. The smallest absolute Gasteiger partial charge is 0.261 e. The molecule has 0 aliphatic rings. The first-order valence-electron chi connectivity index (χ1n) is 6.36. The fraction of sp³-hybridized carbons (Fsp3) is 0.200. The number of amides is 1. The van der Waals surface area contributed by atoms with E-state index in [-0.39, 0.29) is 12.5 Å².